The van der Waals surface area contributed by atoms with Crippen molar-refractivity contribution >= 4 is 11.8 Å². The Morgan fingerprint density at radius 2 is 2.00 bits per heavy atom. The summed E-state index contributed by atoms with van der Waals surface area (Å²) in [4.78, 5) is 39.4. The average Bonchev–Trinajstić information content (AvgIpc) is 3.43. The summed E-state index contributed by atoms with van der Waals surface area (Å²) in [5.74, 6) is 0.408. The first-order valence-electron chi connectivity index (χ1n) is 10.4. The minimum atomic E-state index is -0.320. The van der Waals surface area contributed by atoms with Crippen LogP contribution in [0.25, 0.3) is 11.5 Å². The van der Waals surface area contributed by atoms with Crippen molar-refractivity contribution in [2.75, 3.05) is 13.1 Å². The molecule has 1 aromatic carbocycles. The van der Waals surface area contributed by atoms with E-state index >= 15 is 0 Å². The van der Waals surface area contributed by atoms with Crippen LogP contribution >= 0.6 is 0 Å². The van der Waals surface area contributed by atoms with E-state index in [-0.39, 0.29) is 35.9 Å². The molecule has 2 atom stereocenters. The number of likely N-dealkylation sites (tertiary alicyclic amines) is 1. The predicted molar refractivity (Wildman–Crippen MR) is 112 cm³/mol. The van der Waals surface area contributed by atoms with Gasteiger partial charge in [0.15, 0.2) is 5.76 Å². The number of nitrogens with zero attached hydrogens (tertiary/aromatic N) is 3. The topological polar surface area (TPSA) is 97.4 Å². The zero-order valence-electron chi connectivity index (χ0n) is 16.9. The van der Waals surface area contributed by atoms with E-state index < -0.39 is 0 Å². The zero-order valence-corrected chi connectivity index (χ0v) is 16.9. The molecule has 1 saturated heterocycles. The number of carbonyl (C=O) groups excluding carboxylic acids is 2. The van der Waals surface area contributed by atoms with Gasteiger partial charge in [-0.25, -0.2) is 4.68 Å². The van der Waals surface area contributed by atoms with Gasteiger partial charge in [-0.3, -0.25) is 14.4 Å². The molecule has 158 valence electrons. The van der Waals surface area contributed by atoms with E-state index in [1.807, 2.05) is 18.2 Å². The molecule has 31 heavy (non-hydrogen) atoms. The molecule has 0 radical (unpaired) electrons. The first-order valence-corrected chi connectivity index (χ1v) is 10.4. The number of piperidine rings is 1. The minimum Gasteiger partial charge on any atom is -0.463 e. The number of carbonyl (C=O) groups is 2. The average molecular weight is 418 g/mol. The lowest BCUT2D eigenvalue weighted by Crippen LogP contribution is -2.44. The van der Waals surface area contributed by atoms with E-state index in [0.29, 0.717) is 30.1 Å². The monoisotopic (exact) mass is 418 g/mol. The Hall–Kier alpha value is -3.68. The number of aromatic nitrogens is 2. The molecule has 1 fully saturated rings. The molecule has 0 spiro atoms. The standard InChI is InChI=1S/C23H22N4O4/c28-21-10-9-18(20-8-4-12-31-20)25-27(21)15-5-3-11-26(14-15)22(29)13-19-16-6-1-2-7-17(16)23(30)24-19/h1-2,4,6-10,12,15,19H,3,5,11,13-14H2,(H,24,30)/t15-,19+/m0/s1. The third-order valence-electron chi connectivity index (χ3n) is 5.96. The Bertz CT molecular complexity index is 1180. The molecule has 5 rings (SSSR count). The van der Waals surface area contributed by atoms with Crippen molar-refractivity contribution in [2.24, 2.45) is 0 Å². The van der Waals surface area contributed by atoms with Gasteiger partial charge >= 0.3 is 0 Å². The molecule has 0 unspecified atom stereocenters. The van der Waals surface area contributed by atoms with Crippen molar-refractivity contribution in [2.45, 2.75) is 31.3 Å². The van der Waals surface area contributed by atoms with Gasteiger partial charge in [0, 0.05) is 24.7 Å². The van der Waals surface area contributed by atoms with Crippen molar-refractivity contribution in [3.05, 3.63) is 76.3 Å². The molecule has 2 aliphatic rings. The first-order chi connectivity index (χ1) is 15.1. The lowest BCUT2D eigenvalue weighted by Gasteiger charge is -2.33. The highest BCUT2D eigenvalue weighted by atomic mass is 16.3. The molecule has 0 aliphatic carbocycles. The third kappa shape index (κ3) is 3.65. The smallest absolute Gasteiger partial charge is 0.267 e. The molecule has 3 aromatic rings. The Labute approximate surface area is 178 Å². The van der Waals surface area contributed by atoms with Crippen molar-refractivity contribution < 1.29 is 14.0 Å². The largest absolute Gasteiger partial charge is 0.463 e. The number of fused-ring (bicyclic) bond motifs is 1. The van der Waals surface area contributed by atoms with Gasteiger partial charge in [-0.05, 0) is 42.7 Å². The van der Waals surface area contributed by atoms with Crippen LogP contribution in [-0.2, 0) is 4.79 Å². The van der Waals surface area contributed by atoms with Crippen LogP contribution in [0.2, 0.25) is 0 Å². The van der Waals surface area contributed by atoms with E-state index in [0.717, 1.165) is 18.4 Å². The second-order valence-corrected chi connectivity index (χ2v) is 7.93. The molecule has 2 amide bonds. The van der Waals surface area contributed by atoms with Crippen LogP contribution in [0.3, 0.4) is 0 Å². The van der Waals surface area contributed by atoms with Gasteiger partial charge in [-0.1, -0.05) is 18.2 Å². The van der Waals surface area contributed by atoms with Crippen LogP contribution in [0.5, 0.6) is 0 Å². The summed E-state index contributed by atoms with van der Waals surface area (Å²) in [6, 6.07) is 13.5. The molecule has 4 heterocycles. The Balaban J connectivity index is 1.32. The van der Waals surface area contributed by atoms with Crippen molar-refractivity contribution in [1.29, 1.82) is 0 Å². The van der Waals surface area contributed by atoms with Gasteiger partial charge < -0.3 is 14.6 Å². The van der Waals surface area contributed by atoms with Gasteiger partial charge in [0.05, 0.1) is 24.8 Å². The fourth-order valence-corrected chi connectivity index (χ4v) is 4.41. The fourth-order valence-electron chi connectivity index (χ4n) is 4.41. The maximum atomic E-state index is 13.0. The fraction of sp³-hybridized carbons (Fsp3) is 0.304. The van der Waals surface area contributed by atoms with Crippen molar-refractivity contribution in [3.63, 3.8) is 0 Å². The Morgan fingerprint density at radius 3 is 2.84 bits per heavy atom. The third-order valence-corrected chi connectivity index (χ3v) is 5.96. The maximum absolute atomic E-state index is 13.0. The van der Waals surface area contributed by atoms with Gasteiger partial charge in [-0.15, -0.1) is 0 Å². The van der Waals surface area contributed by atoms with E-state index in [1.165, 1.54) is 10.7 Å². The molecular weight excluding hydrogens is 396 g/mol. The van der Waals surface area contributed by atoms with Crippen LogP contribution in [0.4, 0.5) is 0 Å². The summed E-state index contributed by atoms with van der Waals surface area (Å²) in [5.41, 5.74) is 1.87. The van der Waals surface area contributed by atoms with Gasteiger partial charge in [0.25, 0.3) is 11.5 Å². The lowest BCUT2D eigenvalue weighted by atomic mass is 10.0. The molecule has 8 heteroatoms. The summed E-state index contributed by atoms with van der Waals surface area (Å²) in [6.45, 7) is 1.04. The maximum Gasteiger partial charge on any atom is 0.267 e. The minimum absolute atomic E-state index is 0.0399. The van der Waals surface area contributed by atoms with Crippen LogP contribution in [-0.4, -0.2) is 39.6 Å². The second kappa shape index (κ2) is 7.86. The SMILES string of the molecule is O=C1N[C@H](CC(=O)N2CCC[C@H](n3nc(-c4ccco4)ccc3=O)C2)c2ccccc21. The Morgan fingerprint density at radius 1 is 1.13 bits per heavy atom. The number of hydrogen-bond acceptors (Lipinski definition) is 5. The molecular formula is C23H22N4O4. The van der Waals surface area contributed by atoms with Gasteiger partial charge in [0.2, 0.25) is 5.91 Å². The van der Waals surface area contributed by atoms with Crippen LogP contribution < -0.4 is 10.9 Å². The highest BCUT2D eigenvalue weighted by Crippen LogP contribution is 2.29. The number of amides is 2. The van der Waals surface area contributed by atoms with E-state index in [9.17, 15) is 14.4 Å². The van der Waals surface area contributed by atoms with E-state index in [1.54, 1.807) is 35.4 Å². The second-order valence-electron chi connectivity index (χ2n) is 7.93. The molecule has 2 aromatic heterocycles. The van der Waals surface area contributed by atoms with Crippen LogP contribution in [0.15, 0.2) is 64.0 Å². The van der Waals surface area contributed by atoms with Gasteiger partial charge in [-0.2, -0.15) is 5.10 Å². The number of rotatable bonds is 4. The number of furan rings is 1. The number of nitrogens with one attached hydrogen (secondary N) is 1. The summed E-state index contributed by atoms with van der Waals surface area (Å²) < 4.78 is 6.86. The number of hydrogen-bond donors (Lipinski definition) is 1. The van der Waals surface area contributed by atoms with E-state index in [2.05, 4.69) is 10.4 Å². The molecule has 0 bridgehead atoms. The zero-order chi connectivity index (χ0) is 21.4. The first kappa shape index (κ1) is 19.3. The summed E-state index contributed by atoms with van der Waals surface area (Å²) >= 11 is 0. The highest BCUT2D eigenvalue weighted by Gasteiger charge is 2.33. The summed E-state index contributed by atoms with van der Waals surface area (Å²) in [6.07, 6.45) is 3.31. The molecule has 2 aliphatic heterocycles. The lowest BCUT2D eigenvalue weighted by molar-refractivity contribution is -0.133. The van der Waals surface area contributed by atoms with Crippen molar-refractivity contribution in [1.82, 2.24) is 20.0 Å². The molecule has 8 nitrogen and oxygen atoms in total. The number of benzene rings is 1. The molecule has 1 N–H and O–H groups in total. The Kier molecular flexibility index (Phi) is 4.89. The van der Waals surface area contributed by atoms with E-state index in [4.69, 9.17) is 4.42 Å². The van der Waals surface area contributed by atoms with Crippen molar-refractivity contribution in [3.8, 4) is 11.5 Å². The molecule has 0 saturated carbocycles. The summed E-state index contributed by atoms with van der Waals surface area (Å²) in [7, 11) is 0. The van der Waals surface area contributed by atoms with Crippen LogP contribution in [0, 0.1) is 0 Å². The highest BCUT2D eigenvalue weighted by molar-refractivity contribution is 5.99. The normalized spacial score (nSPS) is 20.4. The summed E-state index contributed by atoms with van der Waals surface area (Å²) in [5, 5.41) is 7.39. The van der Waals surface area contributed by atoms with Gasteiger partial charge in [0.1, 0.15) is 5.69 Å². The van der Waals surface area contributed by atoms with Crippen LogP contribution in [0.1, 0.15) is 47.3 Å². The predicted octanol–water partition coefficient (Wildman–Crippen LogP) is 2.54. The quantitative estimate of drug-likeness (QED) is 0.702.